The topological polar surface area (TPSA) is 13.1 Å². The summed E-state index contributed by atoms with van der Waals surface area (Å²) in [7, 11) is 0. The molecule has 0 saturated carbocycles. The van der Waals surface area contributed by atoms with Crippen LogP contribution in [-0.2, 0) is 0 Å². The first-order valence-electron chi connectivity index (χ1n) is 10.8. The molecule has 0 atom stereocenters. The third-order valence-corrected chi connectivity index (χ3v) is 6.35. The fourth-order valence-electron chi connectivity index (χ4n) is 4.16. The number of hydrogen-bond acceptors (Lipinski definition) is 1. The third kappa shape index (κ3) is 3.61. The van der Waals surface area contributed by atoms with E-state index in [4.69, 9.17) is 4.42 Å². The highest BCUT2D eigenvalue weighted by molar-refractivity contribution is 9.10. The van der Waals surface area contributed by atoms with Crippen LogP contribution in [0.3, 0.4) is 0 Å². The van der Waals surface area contributed by atoms with E-state index in [2.05, 4.69) is 107 Å². The van der Waals surface area contributed by atoms with Crippen LogP contribution in [0.1, 0.15) is 13.8 Å². The van der Waals surface area contributed by atoms with Crippen molar-refractivity contribution in [3.05, 3.63) is 108 Å². The average Bonchev–Trinajstić information content (AvgIpc) is 3.18. The second-order valence-corrected chi connectivity index (χ2v) is 8.74. The van der Waals surface area contributed by atoms with Gasteiger partial charge < -0.3 is 4.42 Å². The molecule has 0 unspecified atom stereocenters. The van der Waals surface area contributed by atoms with Gasteiger partial charge in [0.05, 0.1) is 0 Å². The van der Waals surface area contributed by atoms with Gasteiger partial charge >= 0.3 is 0 Å². The van der Waals surface area contributed by atoms with Crippen molar-refractivity contribution in [2.45, 2.75) is 13.8 Å². The SMILES string of the molecule is Brc1ccc(-c2c3ccccc3cc3c2oc2cc4ccccc4cc23)cc1.C/C=C\C. The highest BCUT2D eigenvalue weighted by atomic mass is 79.9. The largest absolute Gasteiger partial charge is 0.455 e. The first-order valence-corrected chi connectivity index (χ1v) is 11.6. The predicted octanol–water partition coefficient (Wildman–Crippen LogP) is 9.90. The minimum Gasteiger partial charge on any atom is -0.455 e. The normalized spacial score (nSPS) is 11.5. The molecule has 5 aromatic carbocycles. The van der Waals surface area contributed by atoms with Crippen molar-refractivity contribution in [2.75, 3.05) is 0 Å². The van der Waals surface area contributed by atoms with Gasteiger partial charge in [-0.2, -0.15) is 0 Å². The molecule has 2 heteroatoms. The minimum absolute atomic E-state index is 0.933. The molecule has 0 bridgehead atoms. The molecule has 6 aromatic rings. The van der Waals surface area contributed by atoms with Crippen molar-refractivity contribution in [1.29, 1.82) is 0 Å². The predicted molar refractivity (Wildman–Crippen MR) is 142 cm³/mol. The van der Waals surface area contributed by atoms with E-state index in [1.54, 1.807) is 0 Å². The van der Waals surface area contributed by atoms with Crippen molar-refractivity contribution in [2.24, 2.45) is 0 Å². The van der Waals surface area contributed by atoms with Crippen molar-refractivity contribution in [1.82, 2.24) is 0 Å². The Balaban J connectivity index is 0.000000501. The number of halogens is 1. The molecule has 0 spiro atoms. The molecule has 0 aliphatic heterocycles. The lowest BCUT2D eigenvalue weighted by Gasteiger charge is -2.08. The summed E-state index contributed by atoms with van der Waals surface area (Å²) in [6.07, 6.45) is 4.00. The van der Waals surface area contributed by atoms with E-state index >= 15 is 0 Å². The molecule has 0 saturated heterocycles. The highest BCUT2D eigenvalue weighted by Crippen LogP contribution is 2.42. The van der Waals surface area contributed by atoms with Gasteiger partial charge in [-0.25, -0.2) is 0 Å². The molecule has 6 rings (SSSR count). The van der Waals surface area contributed by atoms with Gasteiger partial charge in [-0.15, -0.1) is 0 Å². The lowest BCUT2D eigenvalue weighted by Crippen LogP contribution is -1.83. The van der Waals surface area contributed by atoms with E-state index in [-0.39, 0.29) is 0 Å². The number of rotatable bonds is 1. The first-order chi connectivity index (χ1) is 15.7. The summed E-state index contributed by atoms with van der Waals surface area (Å²) in [6.45, 7) is 4.00. The Morgan fingerprint density at radius 3 is 1.91 bits per heavy atom. The molecule has 1 heterocycles. The fourth-order valence-corrected chi connectivity index (χ4v) is 4.43. The Kier molecular flexibility index (Phi) is 5.55. The van der Waals surface area contributed by atoms with Crippen molar-refractivity contribution >= 4 is 59.4 Å². The minimum atomic E-state index is 0.933. The van der Waals surface area contributed by atoms with Gasteiger partial charge in [0.1, 0.15) is 11.2 Å². The Hall–Kier alpha value is -3.36. The Bertz CT molecular complexity index is 1580. The van der Waals surface area contributed by atoms with E-state index in [1.807, 2.05) is 26.0 Å². The van der Waals surface area contributed by atoms with Gasteiger partial charge in [0.2, 0.25) is 0 Å². The number of allylic oxidation sites excluding steroid dienone is 2. The zero-order chi connectivity index (χ0) is 22.1. The number of fused-ring (bicyclic) bond motifs is 5. The van der Waals surface area contributed by atoms with Gasteiger partial charge in [-0.1, -0.05) is 88.7 Å². The maximum Gasteiger partial charge on any atom is 0.143 e. The van der Waals surface area contributed by atoms with Crippen molar-refractivity contribution in [3.8, 4) is 11.1 Å². The van der Waals surface area contributed by atoms with E-state index in [1.165, 1.54) is 21.5 Å². The molecule has 0 radical (unpaired) electrons. The third-order valence-electron chi connectivity index (χ3n) is 5.82. The Morgan fingerprint density at radius 1 is 0.625 bits per heavy atom. The molecule has 1 aromatic heterocycles. The summed E-state index contributed by atoms with van der Waals surface area (Å²) < 4.78 is 7.55. The van der Waals surface area contributed by atoms with Gasteiger partial charge in [0.25, 0.3) is 0 Å². The van der Waals surface area contributed by atoms with Crippen LogP contribution in [0.25, 0.3) is 54.6 Å². The molecular weight excluding hydrogens is 456 g/mol. The molecule has 32 heavy (non-hydrogen) atoms. The average molecular weight is 479 g/mol. The maximum atomic E-state index is 6.47. The number of hydrogen-bond donors (Lipinski definition) is 0. The summed E-state index contributed by atoms with van der Waals surface area (Å²) >= 11 is 3.55. The molecular formula is C30H23BrO. The molecule has 1 nitrogen and oxygen atoms in total. The van der Waals surface area contributed by atoms with E-state index in [0.717, 1.165) is 37.5 Å². The summed E-state index contributed by atoms with van der Waals surface area (Å²) in [5.41, 5.74) is 4.20. The lowest BCUT2D eigenvalue weighted by molar-refractivity contribution is 0.671. The molecule has 0 fully saturated rings. The molecule has 0 aliphatic rings. The number of benzene rings is 5. The summed E-state index contributed by atoms with van der Waals surface area (Å²) in [4.78, 5) is 0. The second-order valence-electron chi connectivity index (χ2n) is 7.82. The van der Waals surface area contributed by atoms with Gasteiger partial charge in [-0.05, 0) is 71.3 Å². The van der Waals surface area contributed by atoms with Gasteiger partial charge in [0, 0.05) is 20.8 Å². The quantitative estimate of drug-likeness (QED) is 0.214. The molecule has 156 valence electrons. The Labute approximate surface area is 196 Å². The lowest BCUT2D eigenvalue weighted by atomic mass is 9.95. The van der Waals surface area contributed by atoms with E-state index in [0.29, 0.717) is 0 Å². The van der Waals surface area contributed by atoms with Crippen LogP contribution >= 0.6 is 15.9 Å². The van der Waals surface area contributed by atoms with Crippen molar-refractivity contribution < 1.29 is 4.42 Å². The van der Waals surface area contributed by atoms with E-state index in [9.17, 15) is 0 Å². The number of furan rings is 1. The second kappa shape index (κ2) is 8.64. The van der Waals surface area contributed by atoms with Crippen LogP contribution in [0, 0.1) is 0 Å². The van der Waals surface area contributed by atoms with Crippen LogP contribution in [-0.4, -0.2) is 0 Å². The smallest absolute Gasteiger partial charge is 0.143 e. The van der Waals surface area contributed by atoms with Crippen LogP contribution in [0.4, 0.5) is 0 Å². The molecule has 0 N–H and O–H groups in total. The maximum absolute atomic E-state index is 6.47. The van der Waals surface area contributed by atoms with Crippen LogP contribution < -0.4 is 0 Å². The van der Waals surface area contributed by atoms with Crippen LogP contribution in [0.5, 0.6) is 0 Å². The van der Waals surface area contributed by atoms with Crippen LogP contribution in [0.15, 0.2) is 112 Å². The standard InChI is InChI=1S/C26H15BrO.C4H8/c27-20-11-9-16(10-12-20)25-21-8-4-3-7-19(21)14-23-22-13-17-5-1-2-6-18(17)15-24(22)28-26(23)25;1-3-4-2/h1-15H;3-4H,1-2H3/b;4-3-. The van der Waals surface area contributed by atoms with Crippen molar-refractivity contribution in [3.63, 3.8) is 0 Å². The molecule has 0 amide bonds. The van der Waals surface area contributed by atoms with E-state index < -0.39 is 0 Å². The summed E-state index contributed by atoms with van der Waals surface area (Å²) in [5, 5.41) is 7.19. The van der Waals surface area contributed by atoms with Crippen LogP contribution in [0.2, 0.25) is 0 Å². The summed E-state index contributed by atoms with van der Waals surface area (Å²) in [5.74, 6) is 0. The monoisotopic (exact) mass is 478 g/mol. The highest BCUT2D eigenvalue weighted by Gasteiger charge is 2.16. The Morgan fingerprint density at radius 2 is 1.22 bits per heavy atom. The van der Waals surface area contributed by atoms with Gasteiger partial charge in [-0.3, -0.25) is 0 Å². The summed E-state index contributed by atoms with van der Waals surface area (Å²) in [6, 6.07) is 32.1. The zero-order valence-corrected chi connectivity index (χ0v) is 19.7. The zero-order valence-electron chi connectivity index (χ0n) is 18.1. The fraction of sp³-hybridized carbons (Fsp3) is 0.0667. The first kappa shape index (κ1) is 20.5. The molecule has 0 aliphatic carbocycles. The van der Waals surface area contributed by atoms with Gasteiger partial charge in [0.15, 0.2) is 0 Å².